The fraction of sp³-hybridized carbons (Fsp3) is 0.120. The van der Waals surface area contributed by atoms with E-state index in [4.69, 9.17) is 10.9 Å². The normalized spacial score (nSPS) is 10.3. The summed E-state index contributed by atoms with van der Waals surface area (Å²) >= 11 is 0. The summed E-state index contributed by atoms with van der Waals surface area (Å²) in [6.07, 6.45) is 0. The van der Waals surface area contributed by atoms with E-state index >= 15 is 0 Å². The average Bonchev–Trinajstić information content (AvgIpc) is 2.82. The first-order valence-electron chi connectivity index (χ1n) is 10.3. The molecule has 174 valence electrons. The number of hydrogen-bond donors (Lipinski definition) is 4. The van der Waals surface area contributed by atoms with Crippen LogP contribution in [-0.2, 0) is 4.79 Å². The summed E-state index contributed by atoms with van der Waals surface area (Å²) in [5, 5.41) is 11.6. The van der Waals surface area contributed by atoms with Crippen molar-refractivity contribution < 1.29 is 24.4 Å². The molecule has 0 aliphatic carbocycles. The maximum Gasteiger partial charge on any atom is 0.274 e. The van der Waals surface area contributed by atoms with E-state index in [2.05, 4.69) is 5.32 Å². The van der Waals surface area contributed by atoms with Gasteiger partial charge in [-0.05, 0) is 60.5 Å². The van der Waals surface area contributed by atoms with Crippen LogP contribution < -0.4 is 16.5 Å². The third-order valence-electron chi connectivity index (χ3n) is 5.07. The van der Waals surface area contributed by atoms with Gasteiger partial charge in [0, 0.05) is 29.4 Å². The number of nitrogens with two attached hydrogens (primary N) is 1. The summed E-state index contributed by atoms with van der Waals surface area (Å²) in [5.41, 5.74) is 10.3. The van der Waals surface area contributed by atoms with Crippen LogP contribution in [-0.4, -0.2) is 47.3 Å². The summed E-state index contributed by atoms with van der Waals surface area (Å²) in [7, 11) is 1.45. The SMILES string of the molecule is Cc1ccc(C(=O)Nc2cc(C(=O)N(C)CC(N)=O)cc(-c3ccc(C(=O)NO)cc3)c2)cc1. The van der Waals surface area contributed by atoms with Crippen LogP contribution in [0.2, 0.25) is 0 Å². The summed E-state index contributed by atoms with van der Waals surface area (Å²) in [5.74, 6) is -2.12. The van der Waals surface area contributed by atoms with Crippen LogP contribution in [0.25, 0.3) is 11.1 Å². The first-order chi connectivity index (χ1) is 16.2. The summed E-state index contributed by atoms with van der Waals surface area (Å²) in [6.45, 7) is 1.65. The van der Waals surface area contributed by atoms with Crippen molar-refractivity contribution in [2.24, 2.45) is 5.73 Å². The van der Waals surface area contributed by atoms with Gasteiger partial charge in [0.1, 0.15) is 0 Å². The Balaban J connectivity index is 1.99. The van der Waals surface area contributed by atoms with Gasteiger partial charge in [0.05, 0.1) is 6.54 Å². The number of aryl methyl sites for hydroxylation is 1. The Bertz CT molecular complexity index is 1240. The molecule has 9 nitrogen and oxygen atoms in total. The van der Waals surface area contributed by atoms with E-state index in [-0.39, 0.29) is 23.6 Å². The van der Waals surface area contributed by atoms with Gasteiger partial charge < -0.3 is 16.0 Å². The smallest absolute Gasteiger partial charge is 0.274 e. The molecular weight excluding hydrogens is 436 g/mol. The van der Waals surface area contributed by atoms with Crippen molar-refractivity contribution in [3.63, 3.8) is 0 Å². The molecule has 0 aliphatic heterocycles. The van der Waals surface area contributed by atoms with Gasteiger partial charge in [0.2, 0.25) is 5.91 Å². The molecule has 0 aliphatic rings. The van der Waals surface area contributed by atoms with Crippen molar-refractivity contribution in [1.29, 1.82) is 0 Å². The van der Waals surface area contributed by atoms with E-state index in [0.29, 0.717) is 22.4 Å². The average molecular weight is 460 g/mol. The summed E-state index contributed by atoms with van der Waals surface area (Å²) in [4.78, 5) is 49.7. The number of carbonyl (C=O) groups excluding carboxylic acids is 4. The molecule has 0 atom stereocenters. The van der Waals surface area contributed by atoms with E-state index in [0.717, 1.165) is 5.56 Å². The Morgan fingerprint density at radius 1 is 0.824 bits per heavy atom. The second-order valence-corrected chi connectivity index (χ2v) is 7.76. The molecule has 0 saturated heterocycles. The fourth-order valence-electron chi connectivity index (χ4n) is 3.30. The zero-order valence-corrected chi connectivity index (χ0v) is 18.7. The lowest BCUT2D eigenvalue weighted by molar-refractivity contribution is -0.118. The first-order valence-corrected chi connectivity index (χ1v) is 10.3. The number of benzene rings is 3. The highest BCUT2D eigenvalue weighted by Crippen LogP contribution is 2.26. The number of amides is 4. The van der Waals surface area contributed by atoms with Gasteiger partial charge in [-0.15, -0.1) is 0 Å². The van der Waals surface area contributed by atoms with Gasteiger partial charge in [-0.25, -0.2) is 5.48 Å². The Hall–Kier alpha value is -4.50. The molecule has 5 N–H and O–H groups in total. The van der Waals surface area contributed by atoms with E-state index in [1.807, 2.05) is 19.1 Å². The molecule has 3 aromatic carbocycles. The van der Waals surface area contributed by atoms with E-state index in [1.165, 1.54) is 30.1 Å². The highest BCUT2D eigenvalue weighted by molar-refractivity contribution is 6.06. The zero-order chi connectivity index (χ0) is 24.8. The van der Waals surface area contributed by atoms with Crippen LogP contribution >= 0.6 is 0 Å². The predicted molar refractivity (Wildman–Crippen MR) is 126 cm³/mol. The molecule has 9 heteroatoms. The third-order valence-corrected chi connectivity index (χ3v) is 5.07. The lowest BCUT2D eigenvalue weighted by atomic mass is 10.00. The maximum absolute atomic E-state index is 12.9. The molecule has 0 unspecified atom stereocenters. The fourth-order valence-corrected chi connectivity index (χ4v) is 3.30. The molecule has 0 fully saturated rings. The maximum atomic E-state index is 12.9. The summed E-state index contributed by atoms with van der Waals surface area (Å²) < 4.78 is 0. The molecule has 0 saturated carbocycles. The highest BCUT2D eigenvalue weighted by atomic mass is 16.5. The molecule has 0 heterocycles. The Morgan fingerprint density at radius 3 is 2.00 bits per heavy atom. The van der Waals surface area contributed by atoms with E-state index < -0.39 is 17.7 Å². The van der Waals surface area contributed by atoms with Gasteiger partial charge in [-0.2, -0.15) is 0 Å². The minimum absolute atomic E-state index is 0.234. The number of nitrogens with zero attached hydrogens (tertiary/aromatic N) is 1. The van der Waals surface area contributed by atoms with Gasteiger partial charge in [0.15, 0.2) is 0 Å². The number of anilines is 1. The molecule has 4 amide bonds. The monoisotopic (exact) mass is 460 g/mol. The minimum Gasteiger partial charge on any atom is -0.368 e. The quantitative estimate of drug-likeness (QED) is 0.317. The zero-order valence-electron chi connectivity index (χ0n) is 18.7. The number of carbonyl (C=O) groups is 4. The second-order valence-electron chi connectivity index (χ2n) is 7.76. The van der Waals surface area contributed by atoms with Gasteiger partial charge >= 0.3 is 0 Å². The van der Waals surface area contributed by atoms with Crippen LogP contribution in [0.4, 0.5) is 5.69 Å². The number of nitrogens with one attached hydrogen (secondary N) is 2. The van der Waals surface area contributed by atoms with Crippen molar-refractivity contribution in [2.45, 2.75) is 6.92 Å². The predicted octanol–water partition coefficient (Wildman–Crippen LogP) is 2.59. The van der Waals surface area contributed by atoms with Crippen molar-refractivity contribution >= 4 is 29.3 Å². The van der Waals surface area contributed by atoms with Crippen LogP contribution in [0.3, 0.4) is 0 Å². The minimum atomic E-state index is -0.658. The molecule has 3 rings (SSSR count). The van der Waals surface area contributed by atoms with Gasteiger partial charge in [0.25, 0.3) is 17.7 Å². The van der Waals surface area contributed by atoms with Crippen LogP contribution in [0.15, 0.2) is 66.7 Å². The molecular formula is C25H24N4O5. The first kappa shape index (κ1) is 24.1. The largest absolute Gasteiger partial charge is 0.368 e. The Kier molecular flexibility index (Phi) is 7.39. The van der Waals surface area contributed by atoms with E-state index in [1.54, 1.807) is 41.9 Å². The van der Waals surface area contributed by atoms with Crippen LogP contribution in [0, 0.1) is 6.92 Å². The van der Waals surface area contributed by atoms with E-state index in [9.17, 15) is 19.2 Å². The van der Waals surface area contributed by atoms with Gasteiger partial charge in [-0.1, -0.05) is 29.8 Å². The van der Waals surface area contributed by atoms with Crippen LogP contribution in [0.1, 0.15) is 36.6 Å². The van der Waals surface area contributed by atoms with Crippen molar-refractivity contribution in [3.05, 3.63) is 89.0 Å². The number of hydrogen-bond acceptors (Lipinski definition) is 5. The number of hydroxylamine groups is 1. The lowest BCUT2D eigenvalue weighted by Crippen LogP contribution is -2.35. The third kappa shape index (κ3) is 5.84. The number of likely N-dealkylation sites (N-methyl/N-ethyl adjacent to an activating group) is 1. The molecule has 0 bridgehead atoms. The highest BCUT2D eigenvalue weighted by Gasteiger charge is 2.17. The Labute approximate surface area is 196 Å². The number of primary amides is 1. The second kappa shape index (κ2) is 10.4. The molecule has 0 radical (unpaired) electrons. The van der Waals surface area contributed by atoms with Crippen LogP contribution in [0.5, 0.6) is 0 Å². The molecule has 3 aromatic rings. The molecule has 34 heavy (non-hydrogen) atoms. The lowest BCUT2D eigenvalue weighted by Gasteiger charge is -2.17. The molecule has 0 spiro atoms. The topological polar surface area (TPSA) is 142 Å². The van der Waals surface area contributed by atoms with Gasteiger partial charge in [-0.3, -0.25) is 24.4 Å². The standard InChI is InChI=1S/C25H24N4O5/c1-15-3-5-17(6-4-15)23(31)27-21-12-19(16-7-9-18(10-8-16)24(32)28-34)11-20(13-21)25(33)29(2)14-22(26)30/h3-13,34H,14H2,1-2H3,(H2,26,30)(H,27,31)(H,28,32). The summed E-state index contributed by atoms with van der Waals surface area (Å²) in [6, 6.07) is 18.2. The number of rotatable bonds is 7. The molecule has 0 aromatic heterocycles. The Morgan fingerprint density at radius 2 is 1.41 bits per heavy atom. The van der Waals surface area contributed by atoms with Crippen molar-refractivity contribution in [3.8, 4) is 11.1 Å². The van der Waals surface area contributed by atoms with Crippen molar-refractivity contribution in [1.82, 2.24) is 10.4 Å². The van der Waals surface area contributed by atoms with Crippen molar-refractivity contribution in [2.75, 3.05) is 18.9 Å².